The molecule has 0 heterocycles. The normalized spacial score (nSPS) is 8.57. The third-order valence-corrected chi connectivity index (χ3v) is 1.69. The van der Waals surface area contributed by atoms with Gasteiger partial charge in [0.2, 0.25) is 0 Å². The molecule has 0 spiro atoms. The van der Waals surface area contributed by atoms with E-state index in [1.54, 1.807) is 12.1 Å². The summed E-state index contributed by atoms with van der Waals surface area (Å²) in [6.07, 6.45) is 0. The summed E-state index contributed by atoms with van der Waals surface area (Å²) in [5.41, 5.74) is 1.54. The Morgan fingerprint density at radius 2 is 2.14 bits per heavy atom. The first-order chi connectivity index (χ1) is 6.86. The van der Waals surface area contributed by atoms with Crippen LogP contribution in [0.25, 0.3) is 0 Å². The van der Waals surface area contributed by atoms with E-state index >= 15 is 0 Å². The molecule has 0 unspecified atom stereocenters. The molecule has 2 nitrogen and oxygen atoms in total. The van der Waals surface area contributed by atoms with Gasteiger partial charge in [0, 0.05) is 5.56 Å². The number of nitrogens with zero attached hydrogens (tertiary/aromatic N) is 1. The van der Waals surface area contributed by atoms with Gasteiger partial charge in [-0.2, -0.15) is 5.26 Å². The van der Waals surface area contributed by atoms with Crippen molar-refractivity contribution in [3.63, 3.8) is 0 Å². The molecule has 0 amide bonds. The molecule has 0 aromatic heterocycles. The van der Waals surface area contributed by atoms with Crippen LogP contribution in [-0.4, -0.2) is 13.1 Å². The predicted molar refractivity (Wildman–Crippen MR) is 56.6 cm³/mol. The van der Waals surface area contributed by atoms with Gasteiger partial charge in [0.1, 0.15) is 0 Å². The van der Waals surface area contributed by atoms with Crippen LogP contribution in [0.15, 0.2) is 24.3 Å². The molecule has 14 heavy (non-hydrogen) atoms. The van der Waals surface area contributed by atoms with Crippen LogP contribution in [0.5, 0.6) is 0 Å². The number of hydrogen-bond acceptors (Lipinski definition) is 2. The van der Waals surface area contributed by atoms with Crippen LogP contribution in [0.1, 0.15) is 18.1 Å². The maximum Gasteiger partial charge on any atom is 0.0992 e. The van der Waals surface area contributed by atoms with Gasteiger partial charge in [-0.3, -0.25) is 0 Å². The molecule has 0 atom stereocenters. The van der Waals surface area contributed by atoms with E-state index in [1.807, 2.05) is 19.1 Å². The van der Waals surface area contributed by atoms with E-state index in [2.05, 4.69) is 23.2 Å². The Labute approximate surface area is 84.6 Å². The van der Waals surface area contributed by atoms with Gasteiger partial charge in [-0.15, -0.1) is 0 Å². The topological polar surface area (TPSA) is 35.8 Å². The van der Waals surface area contributed by atoms with E-state index in [9.17, 15) is 0 Å². The zero-order valence-corrected chi connectivity index (χ0v) is 8.17. The number of hydrogen-bond donors (Lipinski definition) is 1. The Hall–Kier alpha value is -1.77. The van der Waals surface area contributed by atoms with Crippen molar-refractivity contribution in [1.82, 2.24) is 5.32 Å². The Morgan fingerprint density at radius 1 is 1.36 bits per heavy atom. The summed E-state index contributed by atoms with van der Waals surface area (Å²) in [7, 11) is 0. The molecule has 0 saturated heterocycles. The van der Waals surface area contributed by atoms with E-state index in [-0.39, 0.29) is 0 Å². The molecule has 0 radical (unpaired) electrons. The van der Waals surface area contributed by atoms with Crippen LogP contribution >= 0.6 is 0 Å². The quantitative estimate of drug-likeness (QED) is 0.558. The molecule has 1 rings (SSSR count). The summed E-state index contributed by atoms with van der Waals surface area (Å²) in [6, 6.07) is 9.40. The van der Waals surface area contributed by atoms with Crippen molar-refractivity contribution in [2.24, 2.45) is 0 Å². The number of rotatable bonds is 2. The van der Waals surface area contributed by atoms with E-state index in [0.717, 1.165) is 12.1 Å². The van der Waals surface area contributed by atoms with Crippen LogP contribution in [0, 0.1) is 23.2 Å². The van der Waals surface area contributed by atoms with Gasteiger partial charge in [0.05, 0.1) is 18.2 Å². The highest BCUT2D eigenvalue weighted by Crippen LogP contribution is 2.01. The van der Waals surface area contributed by atoms with Gasteiger partial charge in [-0.05, 0) is 24.7 Å². The van der Waals surface area contributed by atoms with Crippen LogP contribution in [0.4, 0.5) is 0 Å². The molecule has 0 fully saturated rings. The molecule has 0 bridgehead atoms. The Bertz CT molecular complexity index is 391. The zero-order valence-electron chi connectivity index (χ0n) is 8.17. The summed E-state index contributed by atoms with van der Waals surface area (Å²) in [4.78, 5) is 0. The molecule has 1 N–H and O–H groups in total. The first-order valence-electron chi connectivity index (χ1n) is 4.56. The monoisotopic (exact) mass is 184 g/mol. The average Bonchev–Trinajstić information content (AvgIpc) is 2.25. The second-order valence-electron chi connectivity index (χ2n) is 2.77. The fraction of sp³-hybridized carbons (Fsp3) is 0.250. The summed E-state index contributed by atoms with van der Waals surface area (Å²) in [5.74, 6) is 5.97. The second kappa shape index (κ2) is 5.80. The maximum absolute atomic E-state index is 8.66. The molecular weight excluding hydrogens is 172 g/mol. The lowest BCUT2D eigenvalue weighted by atomic mass is 10.1. The summed E-state index contributed by atoms with van der Waals surface area (Å²) >= 11 is 0. The van der Waals surface area contributed by atoms with Crippen molar-refractivity contribution in [2.45, 2.75) is 6.92 Å². The SMILES string of the molecule is CCNCC#Cc1cccc(C#N)c1. The highest BCUT2D eigenvalue weighted by atomic mass is 14.8. The number of nitrogens with one attached hydrogen (secondary N) is 1. The maximum atomic E-state index is 8.66. The average molecular weight is 184 g/mol. The van der Waals surface area contributed by atoms with Gasteiger partial charge in [0.15, 0.2) is 0 Å². The van der Waals surface area contributed by atoms with E-state index in [1.165, 1.54) is 0 Å². The molecule has 0 aliphatic rings. The Kier molecular flexibility index (Phi) is 4.27. The lowest BCUT2D eigenvalue weighted by Crippen LogP contribution is -2.11. The Balaban J connectivity index is 2.66. The van der Waals surface area contributed by atoms with E-state index in [4.69, 9.17) is 5.26 Å². The third-order valence-electron chi connectivity index (χ3n) is 1.69. The van der Waals surface area contributed by atoms with Crippen molar-refractivity contribution in [3.8, 4) is 17.9 Å². The van der Waals surface area contributed by atoms with Crippen molar-refractivity contribution in [1.29, 1.82) is 5.26 Å². The fourth-order valence-electron chi connectivity index (χ4n) is 1.00. The van der Waals surface area contributed by atoms with Crippen molar-refractivity contribution in [2.75, 3.05) is 13.1 Å². The molecule has 0 saturated carbocycles. The third kappa shape index (κ3) is 3.31. The lowest BCUT2D eigenvalue weighted by molar-refractivity contribution is 0.811. The first-order valence-corrected chi connectivity index (χ1v) is 4.56. The largest absolute Gasteiger partial charge is 0.306 e. The minimum Gasteiger partial charge on any atom is -0.306 e. The van der Waals surface area contributed by atoms with E-state index < -0.39 is 0 Å². The van der Waals surface area contributed by atoms with Gasteiger partial charge in [0.25, 0.3) is 0 Å². The van der Waals surface area contributed by atoms with Gasteiger partial charge < -0.3 is 5.32 Å². The zero-order chi connectivity index (χ0) is 10.2. The molecular formula is C12H12N2. The summed E-state index contributed by atoms with van der Waals surface area (Å²) in [6.45, 7) is 3.65. The molecule has 2 heteroatoms. The molecule has 0 aliphatic carbocycles. The Morgan fingerprint density at radius 3 is 2.86 bits per heavy atom. The molecule has 0 aliphatic heterocycles. The van der Waals surface area contributed by atoms with Crippen LogP contribution in [-0.2, 0) is 0 Å². The minimum atomic E-state index is 0.653. The van der Waals surface area contributed by atoms with Crippen LogP contribution in [0.3, 0.4) is 0 Å². The van der Waals surface area contributed by atoms with E-state index in [0.29, 0.717) is 12.1 Å². The first kappa shape index (κ1) is 10.3. The predicted octanol–water partition coefficient (Wildman–Crippen LogP) is 1.52. The fourth-order valence-corrected chi connectivity index (χ4v) is 1.00. The highest BCUT2D eigenvalue weighted by molar-refractivity contribution is 5.41. The number of nitriles is 1. The summed E-state index contributed by atoms with van der Waals surface area (Å²) < 4.78 is 0. The molecule has 70 valence electrons. The van der Waals surface area contributed by atoms with Gasteiger partial charge in [-0.1, -0.05) is 24.8 Å². The van der Waals surface area contributed by atoms with Crippen molar-refractivity contribution >= 4 is 0 Å². The van der Waals surface area contributed by atoms with Crippen molar-refractivity contribution in [3.05, 3.63) is 35.4 Å². The number of benzene rings is 1. The minimum absolute atomic E-state index is 0.653. The highest BCUT2D eigenvalue weighted by Gasteiger charge is 1.89. The standard InChI is InChI=1S/C12H12N2/c1-2-14-8-4-7-11-5-3-6-12(9-11)10-13/h3,5-6,9,14H,2,8H2,1H3. The molecule has 1 aromatic carbocycles. The van der Waals surface area contributed by atoms with Gasteiger partial charge in [-0.25, -0.2) is 0 Å². The lowest BCUT2D eigenvalue weighted by Gasteiger charge is -1.91. The van der Waals surface area contributed by atoms with Crippen molar-refractivity contribution < 1.29 is 0 Å². The smallest absolute Gasteiger partial charge is 0.0992 e. The molecule has 1 aromatic rings. The van der Waals surface area contributed by atoms with Gasteiger partial charge >= 0.3 is 0 Å². The summed E-state index contributed by atoms with van der Waals surface area (Å²) in [5, 5.41) is 11.8. The second-order valence-corrected chi connectivity index (χ2v) is 2.77. The van der Waals surface area contributed by atoms with Crippen LogP contribution < -0.4 is 5.32 Å². The van der Waals surface area contributed by atoms with Crippen LogP contribution in [0.2, 0.25) is 0 Å².